The Morgan fingerprint density at radius 3 is 3.00 bits per heavy atom. The normalized spacial score (nSPS) is 13.4. The standard InChI is InChI=1S/C11H11BrOS/c1-7(5-13)10-6-14-11-4-8(12)2-3-9(10)11/h2-4,6-7,13H,5H2,1H3. The molecule has 0 aliphatic carbocycles. The summed E-state index contributed by atoms with van der Waals surface area (Å²) in [7, 11) is 0. The van der Waals surface area contributed by atoms with Crippen molar-refractivity contribution in [1.82, 2.24) is 0 Å². The highest BCUT2D eigenvalue weighted by Gasteiger charge is 2.10. The van der Waals surface area contributed by atoms with Crippen molar-refractivity contribution in [3.05, 3.63) is 33.6 Å². The predicted octanol–water partition coefficient (Wildman–Crippen LogP) is 3.76. The van der Waals surface area contributed by atoms with E-state index in [4.69, 9.17) is 5.11 Å². The molecule has 2 rings (SSSR count). The van der Waals surface area contributed by atoms with E-state index in [1.165, 1.54) is 15.6 Å². The molecule has 1 atom stereocenters. The summed E-state index contributed by atoms with van der Waals surface area (Å²) in [5, 5.41) is 12.5. The van der Waals surface area contributed by atoms with Crippen LogP contribution in [0.4, 0.5) is 0 Å². The minimum atomic E-state index is 0.210. The van der Waals surface area contributed by atoms with Crippen LogP contribution in [-0.2, 0) is 0 Å². The van der Waals surface area contributed by atoms with Crippen LogP contribution in [0, 0.1) is 0 Å². The first-order chi connectivity index (χ1) is 6.72. The van der Waals surface area contributed by atoms with Crippen LogP contribution in [0.3, 0.4) is 0 Å². The molecule has 1 nitrogen and oxygen atoms in total. The molecule has 0 aliphatic heterocycles. The minimum Gasteiger partial charge on any atom is -0.396 e. The topological polar surface area (TPSA) is 20.2 Å². The molecule has 1 aromatic carbocycles. The maximum absolute atomic E-state index is 9.12. The highest BCUT2D eigenvalue weighted by molar-refractivity contribution is 9.10. The van der Waals surface area contributed by atoms with E-state index >= 15 is 0 Å². The van der Waals surface area contributed by atoms with E-state index in [2.05, 4.69) is 33.4 Å². The molecular weight excluding hydrogens is 260 g/mol. The Hall–Kier alpha value is -0.380. The van der Waals surface area contributed by atoms with Crippen LogP contribution in [0.5, 0.6) is 0 Å². The fraction of sp³-hybridized carbons (Fsp3) is 0.273. The summed E-state index contributed by atoms with van der Waals surface area (Å²) in [5.41, 5.74) is 1.25. The Morgan fingerprint density at radius 1 is 1.50 bits per heavy atom. The molecule has 0 spiro atoms. The van der Waals surface area contributed by atoms with Crippen molar-refractivity contribution in [3.63, 3.8) is 0 Å². The number of rotatable bonds is 2. The lowest BCUT2D eigenvalue weighted by atomic mass is 10.0. The SMILES string of the molecule is CC(CO)c1csc2cc(Br)ccc12. The number of aliphatic hydroxyl groups is 1. The van der Waals surface area contributed by atoms with Gasteiger partial charge in [0.1, 0.15) is 0 Å². The van der Waals surface area contributed by atoms with Gasteiger partial charge in [-0.3, -0.25) is 0 Å². The van der Waals surface area contributed by atoms with Crippen molar-refractivity contribution < 1.29 is 5.11 Å². The molecule has 3 heteroatoms. The van der Waals surface area contributed by atoms with Gasteiger partial charge in [0.25, 0.3) is 0 Å². The fourth-order valence-corrected chi connectivity index (χ4v) is 3.14. The van der Waals surface area contributed by atoms with Crippen LogP contribution in [0.25, 0.3) is 10.1 Å². The first-order valence-corrected chi connectivity index (χ1v) is 6.17. The molecule has 0 radical (unpaired) electrons. The minimum absolute atomic E-state index is 0.210. The molecule has 14 heavy (non-hydrogen) atoms. The Bertz CT molecular complexity index is 449. The number of hydrogen-bond donors (Lipinski definition) is 1. The number of halogens is 1. The summed E-state index contributed by atoms with van der Waals surface area (Å²) in [6.07, 6.45) is 0. The lowest BCUT2D eigenvalue weighted by Gasteiger charge is -2.05. The molecule has 1 N–H and O–H groups in total. The fourth-order valence-electron chi connectivity index (χ4n) is 1.50. The zero-order valence-electron chi connectivity index (χ0n) is 7.83. The van der Waals surface area contributed by atoms with Crippen molar-refractivity contribution in [2.24, 2.45) is 0 Å². The average molecular weight is 271 g/mol. The third-order valence-electron chi connectivity index (χ3n) is 2.37. The molecule has 1 heterocycles. The Morgan fingerprint density at radius 2 is 2.29 bits per heavy atom. The number of benzene rings is 1. The molecule has 1 aromatic heterocycles. The molecule has 0 amide bonds. The Labute approximate surface area is 95.5 Å². The molecule has 1 unspecified atom stereocenters. The summed E-state index contributed by atoms with van der Waals surface area (Å²) in [4.78, 5) is 0. The lowest BCUT2D eigenvalue weighted by molar-refractivity contribution is 0.274. The smallest absolute Gasteiger partial charge is 0.0497 e. The molecular formula is C11H11BrOS. The molecule has 74 valence electrons. The zero-order valence-corrected chi connectivity index (χ0v) is 10.2. The van der Waals surface area contributed by atoms with E-state index in [0.717, 1.165) is 4.47 Å². The van der Waals surface area contributed by atoms with E-state index in [1.54, 1.807) is 11.3 Å². The van der Waals surface area contributed by atoms with E-state index in [1.807, 2.05) is 13.0 Å². The number of hydrogen-bond acceptors (Lipinski definition) is 2. The third kappa shape index (κ3) is 1.72. The highest BCUT2D eigenvalue weighted by atomic mass is 79.9. The number of thiophene rings is 1. The molecule has 0 saturated carbocycles. The maximum atomic E-state index is 9.12. The number of aliphatic hydroxyl groups excluding tert-OH is 1. The van der Waals surface area contributed by atoms with Gasteiger partial charge < -0.3 is 5.11 Å². The van der Waals surface area contributed by atoms with Crippen LogP contribution >= 0.6 is 27.3 Å². The first kappa shape index (κ1) is 10.1. The van der Waals surface area contributed by atoms with Gasteiger partial charge in [0.15, 0.2) is 0 Å². The molecule has 0 saturated heterocycles. The second kappa shape index (κ2) is 4.01. The second-order valence-electron chi connectivity index (χ2n) is 3.42. The van der Waals surface area contributed by atoms with Crippen molar-refractivity contribution in [3.8, 4) is 0 Å². The summed E-state index contributed by atoms with van der Waals surface area (Å²) in [6, 6.07) is 6.27. The average Bonchev–Trinajstić information content (AvgIpc) is 2.59. The predicted molar refractivity (Wildman–Crippen MR) is 65.0 cm³/mol. The van der Waals surface area contributed by atoms with Crippen LogP contribution in [-0.4, -0.2) is 11.7 Å². The zero-order chi connectivity index (χ0) is 10.1. The van der Waals surface area contributed by atoms with Gasteiger partial charge in [-0.15, -0.1) is 11.3 Å². The van der Waals surface area contributed by atoms with Crippen LogP contribution in [0.15, 0.2) is 28.1 Å². The van der Waals surface area contributed by atoms with Gasteiger partial charge in [0.05, 0.1) is 0 Å². The summed E-state index contributed by atoms with van der Waals surface area (Å²) < 4.78 is 2.38. The van der Waals surface area contributed by atoms with Crippen LogP contribution in [0.1, 0.15) is 18.4 Å². The van der Waals surface area contributed by atoms with Crippen molar-refractivity contribution in [2.45, 2.75) is 12.8 Å². The monoisotopic (exact) mass is 270 g/mol. The maximum Gasteiger partial charge on any atom is 0.0497 e. The lowest BCUT2D eigenvalue weighted by Crippen LogP contribution is -1.96. The van der Waals surface area contributed by atoms with Gasteiger partial charge in [-0.05, 0) is 28.5 Å². The summed E-state index contributed by atoms with van der Waals surface area (Å²) in [5.74, 6) is 0.227. The summed E-state index contributed by atoms with van der Waals surface area (Å²) in [6.45, 7) is 2.26. The Kier molecular flexibility index (Phi) is 2.91. The van der Waals surface area contributed by atoms with E-state index < -0.39 is 0 Å². The number of fused-ring (bicyclic) bond motifs is 1. The molecule has 2 aromatic rings. The van der Waals surface area contributed by atoms with Gasteiger partial charge in [-0.1, -0.05) is 28.9 Å². The summed E-state index contributed by atoms with van der Waals surface area (Å²) >= 11 is 5.18. The molecule has 0 fully saturated rings. The quantitative estimate of drug-likeness (QED) is 0.881. The van der Waals surface area contributed by atoms with E-state index in [-0.39, 0.29) is 12.5 Å². The van der Waals surface area contributed by atoms with Gasteiger partial charge in [-0.2, -0.15) is 0 Å². The van der Waals surface area contributed by atoms with Gasteiger partial charge in [-0.25, -0.2) is 0 Å². The van der Waals surface area contributed by atoms with Gasteiger partial charge in [0.2, 0.25) is 0 Å². The highest BCUT2D eigenvalue weighted by Crippen LogP contribution is 2.32. The third-order valence-corrected chi connectivity index (χ3v) is 3.83. The van der Waals surface area contributed by atoms with Crippen LogP contribution in [0.2, 0.25) is 0 Å². The molecule has 0 bridgehead atoms. The van der Waals surface area contributed by atoms with Crippen molar-refractivity contribution in [1.29, 1.82) is 0 Å². The second-order valence-corrected chi connectivity index (χ2v) is 5.24. The Balaban J connectivity index is 2.58. The van der Waals surface area contributed by atoms with E-state index in [9.17, 15) is 0 Å². The van der Waals surface area contributed by atoms with Crippen LogP contribution < -0.4 is 0 Å². The molecule has 0 aliphatic rings. The van der Waals surface area contributed by atoms with Gasteiger partial charge in [0, 0.05) is 21.7 Å². The van der Waals surface area contributed by atoms with Crippen molar-refractivity contribution >= 4 is 37.4 Å². The van der Waals surface area contributed by atoms with Crippen molar-refractivity contribution in [2.75, 3.05) is 6.61 Å². The van der Waals surface area contributed by atoms with E-state index in [0.29, 0.717) is 0 Å². The van der Waals surface area contributed by atoms with Gasteiger partial charge >= 0.3 is 0 Å². The first-order valence-electron chi connectivity index (χ1n) is 4.50. The largest absolute Gasteiger partial charge is 0.396 e.